The molecule has 0 radical (unpaired) electrons. The van der Waals surface area contributed by atoms with Gasteiger partial charge in [-0.15, -0.1) is 0 Å². The second-order valence-corrected chi connectivity index (χ2v) is 7.64. The fourth-order valence-electron chi connectivity index (χ4n) is 3.20. The van der Waals surface area contributed by atoms with Crippen molar-refractivity contribution in [2.45, 2.75) is 27.4 Å². The third-order valence-corrected chi connectivity index (χ3v) is 5.03. The lowest BCUT2D eigenvalue weighted by Crippen LogP contribution is -2.01. The third-order valence-electron chi connectivity index (χ3n) is 4.54. The van der Waals surface area contributed by atoms with Crippen molar-refractivity contribution in [3.63, 3.8) is 0 Å². The van der Waals surface area contributed by atoms with Crippen LogP contribution in [0.25, 0.3) is 16.7 Å². The molecule has 0 atom stereocenters. The predicted molar refractivity (Wildman–Crippen MR) is 112 cm³/mol. The number of pyridine rings is 1. The number of ether oxygens (including phenoxy) is 1. The first kappa shape index (κ1) is 17.7. The van der Waals surface area contributed by atoms with Gasteiger partial charge in [0.05, 0.1) is 11.4 Å². The molecule has 0 aliphatic heterocycles. The Morgan fingerprint density at radius 2 is 1.78 bits per heavy atom. The average molecular weight is 422 g/mol. The van der Waals surface area contributed by atoms with E-state index >= 15 is 0 Å². The summed E-state index contributed by atoms with van der Waals surface area (Å²) >= 11 is 3.49. The topological polar surface area (TPSA) is 39.9 Å². The molecule has 4 rings (SSSR count). The lowest BCUT2D eigenvalue weighted by molar-refractivity contribution is 0.294. The summed E-state index contributed by atoms with van der Waals surface area (Å²) in [6.45, 7) is 6.63. The summed E-state index contributed by atoms with van der Waals surface area (Å²) in [7, 11) is 0. The minimum absolute atomic E-state index is 0.467. The van der Waals surface area contributed by atoms with Crippen LogP contribution in [0.5, 0.6) is 5.88 Å². The third kappa shape index (κ3) is 3.60. The van der Waals surface area contributed by atoms with Crippen LogP contribution in [0, 0.1) is 20.8 Å². The van der Waals surface area contributed by atoms with Crippen molar-refractivity contribution < 1.29 is 4.74 Å². The minimum atomic E-state index is 0.467. The number of halogens is 1. The van der Waals surface area contributed by atoms with Crippen molar-refractivity contribution in [3.8, 4) is 11.6 Å². The van der Waals surface area contributed by atoms with E-state index in [0.717, 1.165) is 38.0 Å². The first-order valence-corrected chi connectivity index (χ1v) is 9.62. The first-order valence-electron chi connectivity index (χ1n) is 8.82. The Kier molecular flexibility index (Phi) is 4.70. The Balaban J connectivity index is 1.73. The molecule has 5 heteroatoms. The number of benzene rings is 2. The molecule has 0 fully saturated rings. The Hall–Kier alpha value is -2.66. The van der Waals surface area contributed by atoms with E-state index in [1.54, 1.807) is 0 Å². The van der Waals surface area contributed by atoms with Crippen molar-refractivity contribution >= 4 is 27.0 Å². The van der Waals surface area contributed by atoms with Crippen LogP contribution in [0.1, 0.15) is 22.4 Å². The number of hydrogen-bond donors (Lipinski definition) is 0. The average Bonchev–Trinajstić information content (AvgIpc) is 2.98. The molecule has 0 N–H and O–H groups in total. The molecular weight excluding hydrogens is 402 g/mol. The zero-order valence-corrected chi connectivity index (χ0v) is 17.1. The molecule has 2 aromatic carbocycles. The van der Waals surface area contributed by atoms with Gasteiger partial charge in [0, 0.05) is 15.9 Å². The molecule has 2 aromatic heterocycles. The van der Waals surface area contributed by atoms with Gasteiger partial charge in [0.1, 0.15) is 6.61 Å². The molecule has 0 bridgehead atoms. The number of aromatic nitrogens is 3. The molecule has 0 saturated carbocycles. The van der Waals surface area contributed by atoms with E-state index in [1.807, 2.05) is 41.9 Å². The predicted octanol–water partition coefficient (Wildman–Crippen LogP) is 5.69. The number of nitrogens with zero attached hydrogens (tertiary/aromatic N) is 3. The second kappa shape index (κ2) is 7.16. The van der Waals surface area contributed by atoms with E-state index in [0.29, 0.717) is 12.5 Å². The van der Waals surface area contributed by atoms with Crippen molar-refractivity contribution in [1.82, 2.24) is 14.8 Å². The smallest absolute Gasteiger partial charge is 0.215 e. The van der Waals surface area contributed by atoms with Crippen molar-refractivity contribution in [3.05, 3.63) is 81.5 Å². The second-order valence-electron chi connectivity index (χ2n) is 6.73. The van der Waals surface area contributed by atoms with Crippen molar-refractivity contribution in [1.29, 1.82) is 0 Å². The van der Waals surface area contributed by atoms with Crippen LogP contribution in [0.3, 0.4) is 0 Å². The molecule has 4 aromatic rings. The van der Waals surface area contributed by atoms with Crippen LogP contribution >= 0.6 is 15.9 Å². The maximum absolute atomic E-state index is 5.98. The molecule has 0 spiro atoms. The Labute approximate surface area is 166 Å². The van der Waals surface area contributed by atoms with Crippen LogP contribution in [0.4, 0.5) is 0 Å². The van der Waals surface area contributed by atoms with Crippen LogP contribution in [0.2, 0.25) is 0 Å². The van der Waals surface area contributed by atoms with Crippen LogP contribution in [0.15, 0.2) is 59.1 Å². The van der Waals surface area contributed by atoms with Gasteiger partial charge in [0.25, 0.3) is 0 Å². The highest BCUT2D eigenvalue weighted by Crippen LogP contribution is 2.27. The van der Waals surface area contributed by atoms with Gasteiger partial charge >= 0.3 is 0 Å². The molecule has 4 nitrogen and oxygen atoms in total. The molecule has 0 saturated heterocycles. The summed E-state index contributed by atoms with van der Waals surface area (Å²) in [5, 5.41) is 5.79. The van der Waals surface area contributed by atoms with E-state index < -0.39 is 0 Å². The first-order chi connectivity index (χ1) is 13.0. The molecular formula is C22H20BrN3O. The highest BCUT2D eigenvalue weighted by atomic mass is 79.9. The quantitative estimate of drug-likeness (QED) is 0.424. The number of hydrogen-bond acceptors (Lipinski definition) is 3. The molecule has 0 aliphatic rings. The van der Waals surface area contributed by atoms with E-state index in [9.17, 15) is 0 Å². The maximum Gasteiger partial charge on any atom is 0.215 e. The fraction of sp³-hybridized carbons (Fsp3) is 0.182. The van der Waals surface area contributed by atoms with Gasteiger partial charge in [-0.3, -0.25) is 0 Å². The zero-order valence-electron chi connectivity index (χ0n) is 15.5. The van der Waals surface area contributed by atoms with Gasteiger partial charge in [-0.1, -0.05) is 45.8 Å². The Morgan fingerprint density at radius 3 is 2.52 bits per heavy atom. The highest BCUT2D eigenvalue weighted by molar-refractivity contribution is 9.10. The Morgan fingerprint density at radius 1 is 1.00 bits per heavy atom. The molecule has 0 amide bonds. The largest absolute Gasteiger partial charge is 0.473 e. The summed E-state index contributed by atoms with van der Waals surface area (Å²) in [5.74, 6) is 0.605. The lowest BCUT2D eigenvalue weighted by atomic mass is 10.1. The SMILES string of the molecule is Cc1ccc(-n2nc(C)c3c(C)cc(OCc4cccc(Br)c4)nc32)cc1. The standard InChI is InChI=1S/C22H20BrN3O/c1-14-7-9-19(10-8-14)26-22-21(16(3)25-26)15(2)11-20(24-22)27-13-17-5-4-6-18(23)12-17/h4-12H,13H2,1-3H3. The van der Waals surface area contributed by atoms with E-state index in [2.05, 4.69) is 54.0 Å². The van der Waals surface area contributed by atoms with Gasteiger partial charge in [-0.2, -0.15) is 10.1 Å². The molecule has 0 unspecified atom stereocenters. The monoisotopic (exact) mass is 421 g/mol. The van der Waals surface area contributed by atoms with Crippen molar-refractivity contribution in [2.75, 3.05) is 0 Å². The highest BCUT2D eigenvalue weighted by Gasteiger charge is 2.15. The van der Waals surface area contributed by atoms with E-state index in [1.165, 1.54) is 5.56 Å². The van der Waals surface area contributed by atoms with Crippen LogP contribution in [-0.2, 0) is 6.61 Å². The van der Waals surface area contributed by atoms with Crippen LogP contribution < -0.4 is 4.74 Å². The fourth-order valence-corrected chi connectivity index (χ4v) is 3.64. The van der Waals surface area contributed by atoms with Gasteiger partial charge < -0.3 is 4.74 Å². The maximum atomic E-state index is 5.98. The molecule has 2 heterocycles. The van der Waals surface area contributed by atoms with Crippen LogP contribution in [-0.4, -0.2) is 14.8 Å². The molecule has 136 valence electrons. The number of aryl methyl sites for hydroxylation is 3. The molecule has 27 heavy (non-hydrogen) atoms. The van der Waals surface area contributed by atoms with E-state index in [4.69, 9.17) is 14.8 Å². The van der Waals surface area contributed by atoms with Gasteiger partial charge in [-0.25, -0.2) is 4.68 Å². The number of fused-ring (bicyclic) bond motifs is 1. The van der Waals surface area contributed by atoms with Crippen molar-refractivity contribution in [2.24, 2.45) is 0 Å². The summed E-state index contributed by atoms with van der Waals surface area (Å²) in [4.78, 5) is 4.76. The van der Waals surface area contributed by atoms with E-state index in [-0.39, 0.29) is 0 Å². The zero-order chi connectivity index (χ0) is 19.0. The molecule has 0 aliphatic carbocycles. The van der Waals surface area contributed by atoms with Gasteiger partial charge in [-0.05, 0) is 56.2 Å². The summed E-state index contributed by atoms with van der Waals surface area (Å²) in [5.41, 5.74) is 6.20. The summed E-state index contributed by atoms with van der Waals surface area (Å²) in [6.07, 6.45) is 0. The lowest BCUT2D eigenvalue weighted by Gasteiger charge is -2.09. The summed E-state index contributed by atoms with van der Waals surface area (Å²) < 4.78 is 8.91. The van der Waals surface area contributed by atoms with Gasteiger partial charge in [0.2, 0.25) is 5.88 Å². The number of rotatable bonds is 4. The summed E-state index contributed by atoms with van der Waals surface area (Å²) in [6, 6.07) is 18.4. The normalized spacial score (nSPS) is 11.1. The Bertz CT molecular complexity index is 1120. The minimum Gasteiger partial charge on any atom is -0.473 e. The van der Waals surface area contributed by atoms with Gasteiger partial charge in [0.15, 0.2) is 5.65 Å².